The molecule has 0 aliphatic carbocycles. The molecular weight excluding hydrogens is 436 g/mol. The molecule has 4 rings (SSSR count). The molecule has 3 aromatic rings. The number of aryl methyl sites for hydroxylation is 1. The molecule has 0 atom stereocenters. The number of fused-ring (bicyclic) bond motifs is 1. The SMILES string of the molecule is Cc1cc(=O)n2c(CCNC(=O)c3ccc(S(=O)(=O)N4CCCCC4)cc3)csc2n1. The molecule has 1 amide bonds. The van der Waals surface area contributed by atoms with Crippen LogP contribution in [0.5, 0.6) is 0 Å². The van der Waals surface area contributed by atoms with E-state index in [4.69, 9.17) is 0 Å². The zero-order valence-corrected chi connectivity index (χ0v) is 18.8. The van der Waals surface area contributed by atoms with Crippen molar-refractivity contribution in [1.29, 1.82) is 0 Å². The minimum absolute atomic E-state index is 0.129. The van der Waals surface area contributed by atoms with Crippen molar-refractivity contribution in [1.82, 2.24) is 19.0 Å². The fraction of sp³-hybridized carbons (Fsp3) is 0.381. The van der Waals surface area contributed by atoms with E-state index in [1.807, 2.05) is 5.38 Å². The summed E-state index contributed by atoms with van der Waals surface area (Å²) in [4.78, 5) is 29.9. The highest BCUT2D eigenvalue weighted by Gasteiger charge is 2.25. The van der Waals surface area contributed by atoms with Gasteiger partial charge < -0.3 is 5.32 Å². The molecule has 1 saturated heterocycles. The molecule has 164 valence electrons. The van der Waals surface area contributed by atoms with E-state index in [2.05, 4.69) is 10.3 Å². The maximum atomic E-state index is 12.7. The maximum Gasteiger partial charge on any atom is 0.258 e. The molecule has 3 heterocycles. The van der Waals surface area contributed by atoms with Crippen molar-refractivity contribution >= 4 is 32.2 Å². The van der Waals surface area contributed by atoms with Gasteiger partial charge in [-0.2, -0.15) is 4.31 Å². The fourth-order valence-electron chi connectivity index (χ4n) is 3.70. The number of benzene rings is 1. The Morgan fingerprint density at radius 1 is 1.16 bits per heavy atom. The highest BCUT2D eigenvalue weighted by atomic mass is 32.2. The first-order chi connectivity index (χ1) is 14.9. The number of thiazole rings is 1. The van der Waals surface area contributed by atoms with Gasteiger partial charge in [0.1, 0.15) is 0 Å². The Morgan fingerprint density at radius 2 is 1.87 bits per heavy atom. The Bertz CT molecular complexity index is 1260. The van der Waals surface area contributed by atoms with Gasteiger partial charge in [-0.15, -0.1) is 11.3 Å². The lowest BCUT2D eigenvalue weighted by Gasteiger charge is -2.25. The second kappa shape index (κ2) is 8.89. The van der Waals surface area contributed by atoms with Crippen LogP contribution in [0.15, 0.2) is 45.4 Å². The third-order valence-electron chi connectivity index (χ3n) is 5.34. The highest BCUT2D eigenvalue weighted by molar-refractivity contribution is 7.89. The lowest BCUT2D eigenvalue weighted by atomic mass is 10.2. The number of piperidine rings is 1. The quantitative estimate of drug-likeness (QED) is 0.608. The zero-order valence-electron chi connectivity index (χ0n) is 17.2. The van der Waals surface area contributed by atoms with Gasteiger partial charge in [0, 0.05) is 54.5 Å². The van der Waals surface area contributed by atoms with Crippen LogP contribution in [0.2, 0.25) is 0 Å². The summed E-state index contributed by atoms with van der Waals surface area (Å²) in [5.74, 6) is -0.289. The second-order valence-corrected chi connectivity index (χ2v) is 10.4. The summed E-state index contributed by atoms with van der Waals surface area (Å²) < 4.78 is 28.5. The van der Waals surface area contributed by atoms with Crippen LogP contribution in [-0.4, -0.2) is 47.6 Å². The molecule has 0 unspecified atom stereocenters. The first-order valence-electron chi connectivity index (χ1n) is 10.2. The van der Waals surface area contributed by atoms with Crippen molar-refractivity contribution < 1.29 is 13.2 Å². The van der Waals surface area contributed by atoms with Crippen molar-refractivity contribution in [3.63, 3.8) is 0 Å². The number of hydrogen-bond donors (Lipinski definition) is 1. The van der Waals surface area contributed by atoms with Crippen LogP contribution < -0.4 is 10.9 Å². The van der Waals surface area contributed by atoms with Crippen LogP contribution in [0.4, 0.5) is 0 Å². The summed E-state index contributed by atoms with van der Waals surface area (Å²) in [6, 6.07) is 7.52. The lowest BCUT2D eigenvalue weighted by Crippen LogP contribution is -2.35. The van der Waals surface area contributed by atoms with E-state index < -0.39 is 10.0 Å². The average Bonchev–Trinajstić information content (AvgIpc) is 3.17. The van der Waals surface area contributed by atoms with Gasteiger partial charge in [-0.1, -0.05) is 6.42 Å². The summed E-state index contributed by atoms with van der Waals surface area (Å²) in [5, 5.41) is 4.70. The van der Waals surface area contributed by atoms with Gasteiger partial charge in [-0.25, -0.2) is 13.4 Å². The van der Waals surface area contributed by atoms with Crippen LogP contribution in [0, 0.1) is 6.92 Å². The minimum atomic E-state index is -3.51. The summed E-state index contributed by atoms with van der Waals surface area (Å²) in [7, 11) is -3.51. The second-order valence-electron chi connectivity index (χ2n) is 7.58. The standard InChI is InChI=1S/C21H24N4O4S2/c1-15-13-19(26)25-17(14-30-21(25)23-15)9-10-22-20(27)16-5-7-18(8-6-16)31(28,29)24-11-3-2-4-12-24/h5-8,13-14H,2-4,9-12H2,1H3,(H,22,27). The Hall–Kier alpha value is -2.56. The minimum Gasteiger partial charge on any atom is -0.352 e. The van der Waals surface area contributed by atoms with E-state index in [0.717, 1.165) is 25.0 Å². The highest BCUT2D eigenvalue weighted by Crippen LogP contribution is 2.21. The van der Waals surface area contributed by atoms with Crippen molar-refractivity contribution in [3.05, 3.63) is 63.0 Å². The van der Waals surface area contributed by atoms with Gasteiger partial charge >= 0.3 is 0 Å². The molecule has 1 aliphatic rings. The van der Waals surface area contributed by atoms with Crippen LogP contribution in [0.1, 0.15) is 41.0 Å². The van der Waals surface area contributed by atoms with Crippen molar-refractivity contribution in [2.75, 3.05) is 19.6 Å². The van der Waals surface area contributed by atoms with E-state index in [-0.39, 0.29) is 16.4 Å². The van der Waals surface area contributed by atoms with E-state index >= 15 is 0 Å². The summed E-state index contributed by atoms with van der Waals surface area (Å²) in [5.41, 5.74) is 1.73. The smallest absolute Gasteiger partial charge is 0.258 e. The average molecular weight is 461 g/mol. The largest absolute Gasteiger partial charge is 0.352 e. The number of carbonyl (C=O) groups excluding carboxylic acids is 1. The van der Waals surface area contributed by atoms with Gasteiger partial charge in [-0.3, -0.25) is 14.0 Å². The Morgan fingerprint density at radius 3 is 2.58 bits per heavy atom. The summed E-state index contributed by atoms with van der Waals surface area (Å²) in [6.45, 7) is 3.21. The van der Waals surface area contributed by atoms with Crippen molar-refractivity contribution in [3.8, 4) is 0 Å². The monoisotopic (exact) mass is 460 g/mol. The first kappa shape index (κ1) is 21.7. The lowest BCUT2D eigenvalue weighted by molar-refractivity contribution is 0.0954. The Labute approximate surface area is 184 Å². The Balaban J connectivity index is 1.39. The molecule has 31 heavy (non-hydrogen) atoms. The van der Waals surface area contributed by atoms with Gasteiger partial charge in [0.15, 0.2) is 4.96 Å². The van der Waals surface area contributed by atoms with Crippen LogP contribution >= 0.6 is 11.3 Å². The van der Waals surface area contributed by atoms with Crippen LogP contribution in [0.25, 0.3) is 4.96 Å². The maximum absolute atomic E-state index is 12.7. The molecule has 0 radical (unpaired) electrons. The molecule has 0 spiro atoms. The van der Waals surface area contributed by atoms with Gasteiger partial charge in [0.25, 0.3) is 11.5 Å². The van der Waals surface area contributed by atoms with E-state index in [0.29, 0.717) is 42.3 Å². The number of hydrogen-bond acceptors (Lipinski definition) is 6. The van der Waals surface area contributed by atoms with Crippen molar-refractivity contribution in [2.24, 2.45) is 0 Å². The summed E-state index contributed by atoms with van der Waals surface area (Å²) in [6.07, 6.45) is 3.29. The molecule has 8 nitrogen and oxygen atoms in total. The number of rotatable bonds is 6. The first-order valence-corrected chi connectivity index (χ1v) is 12.5. The topological polar surface area (TPSA) is 101 Å². The third-order valence-corrected chi connectivity index (χ3v) is 8.13. The molecule has 2 aromatic heterocycles. The molecule has 1 N–H and O–H groups in total. The fourth-order valence-corrected chi connectivity index (χ4v) is 6.19. The predicted molar refractivity (Wildman–Crippen MR) is 119 cm³/mol. The summed E-state index contributed by atoms with van der Waals surface area (Å²) >= 11 is 1.39. The molecule has 1 aromatic carbocycles. The molecule has 1 fully saturated rings. The molecule has 0 bridgehead atoms. The van der Waals surface area contributed by atoms with Gasteiger partial charge in [0.2, 0.25) is 10.0 Å². The molecule has 10 heteroatoms. The van der Waals surface area contributed by atoms with E-state index in [1.165, 1.54) is 46.0 Å². The third kappa shape index (κ3) is 4.56. The molecule has 1 aliphatic heterocycles. The Kier molecular flexibility index (Phi) is 6.22. The molecular formula is C21H24N4O4S2. The molecule has 0 saturated carbocycles. The normalized spacial score (nSPS) is 15.3. The van der Waals surface area contributed by atoms with Crippen LogP contribution in [-0.2, 0) is 16.4 Å². The number of sulfonamides is 1. The number of carbonyl (C=O) groups is 1. The van der Waals surface area contributed by atoms with Gasteiger partial charge in [-0.05, 0) is 44.0 Å². The van der Waals surface area contributed by atoms with Crippen molar-refractivity contribution in [2.45, 2.75) is 37.5 Å². The van der Waals surface area contributed by atoms with Crippen LogP contribution in [0.3, 0.4) is 0 Å². The van der Waals surface area contributed by atoms with E-state index in [1.54, 1.807) is 11.3 Å². The zero-order chi connectivity index (χ0) is 22.0. The van der Waals surface area contributed by atoms with Gasteiger partial charge in [0.05, 0.1) is 4.90 Å². The number of nitrogens with one attached hydrogen (secondary N) is 1. The number of aromatic nitrogens is 2. The number of nitrogens with zero attached hydrogens (tertiary/aromatic N) is 3. The number of amides is 1. The van der Waals surface area contributed by atoms with E-state index in [9.17, 15) is 18.0 Å². The predicted octanol–water partition coefficient (Wildman–Crippen LogP) is 2.21.